The van der Waals surface area contributed by atoms with Gasteiger partial charge in [0, 0.05) is 47.9 Å². The molecule has 5 N–H and O–H groups in total. The molecular formula is C24H27N7OS. The number of hydrogen-bond donors (Lipinski definition) is 4. The van der Waals surface area contributed by atoms with Crippen LogP contribution in [0, 0.1) is 5.92 Å². The maximum absolute atomic E-state index is 9.49. The van der Waals surface area contributed by atoms with Crippen LogP contribution in [0.15, 0.2) is 36.4 Å². The summed E-state index contributed by atoms with van der Waals surface area (Å²) in [5, 5.41) is 20.6. The van der Waals surface area contributed by atoms with Crippen molar-refractivity contribution < 1.29 is 5.11 Å². The fourth-order valence-electron chi connectivity index (χ4n) is 4.37. The van der Waals surface area contributed by atoms with Gasteiger partial charge in [0.2, 0.25) is 5.95 Å². The van der Waals surface area contributed by atoms with Crippen molar-refractivity contribution in [3.8, 4) is 10.4 Å². The van der Waals surface area contributed by atoms with Crippen molar-refractivity contribution in [2.75, 3.05) is 35.6 Å². The lowest BCUT2D eigenvalue weighted by Crippen LogP contribution is -2.35. The van der Waals surface area contributed by atoms with Gasteiger partial charge in [0.1, 0.15) is 0 Å². The van der Waals surface area contributed by atoms with Crippen LogP contribution in [0.5, 0.6) is 0 Å². The molecule has 0 bridgehead atoms. The minimum absolute atomic E-state index is 0.249. The van der Waals surface area contributed by atoms with Gasteiger partial charge in [0.15, 0.2) is 11.6 Å². The number of aromatic amines is 1. The molecule has 6 rings (SSSR count). The Labute approximate surface area is 195 Å². The molecule has 0 amide bonds. The number of nitrogens with one attached hydrogen (secondary N) is 2. The van der Waals surface area contributed by atoms with Crippen LogP contribution in [0.1, 0.15) is 37.3 Å². The van der Waals surface area contributed by atoms with Gasteiger partial charge in [-0.25, -0.2) is 4.98 Å². The summed E-state index contributed by atoms with van der Waals surface area (Å²) in [6.45, 7) is 1.94. The predicted octanol–water partition coefficient (Wildman–Crippen LogP) is 4.49. The van der Waals surface area contributed by atoms with Gasteiger partial charge in [0.25, 0.3) is 0 Å². The molecular weight excluding hydrogens is 434 g/mol. The Balaban J connectivity index is 1.38. The fraction of sp³-hybridized carbons (Fsp3) is 0.375. The molecule has 2 fully saturated rings. The molecule has 1 aliphatic carbocycles. The van der Waals surface area contributed by atoms with Crippen LogP contribution in [-0.4, -0.2) is 45.0 Å². The van der Waals surface area contributed by atoms with E-state index >= 15 is 0 Å². The molecule has 9 heteroatoms. The zero-order valence-electron chi connectivity index (χ0n) is 18.3. The molecule has 170 valence electrons. The van der Waals surface area contributed by atoms with Crippen LogP contribution in [0.4, 0.5) is 23.3 Å². The number of thiophene rings is 1. The Kier molecular flexibility index (Phi) is 5.15. The van der Waals surface area contributed by atoms with Crippen molar-refractivity contribution in [3.63, 3.8) is 0 Å². The van der Waals surface area contributed by atoms with Gasteiger partial charge in [0.05, 0.1) is 10.2 Å². The molecule has 3 aromatic heterocycles. The fourth-order valence-corrected chi connectivity index (χ4v) is 5.42. The van der Waals surface area contributed by atoms with E-state index in [1.165, 1.54) is 18.5 Å². The minimum atomic E-state index is 0.249. The van der Waals surface area contributed by atoms with E-state index in [0.29, 0.717) is 11.8 Å². The number of piperidine rings is 1. The molecule has 0 spiro atoms. The molecule has 1 saturated heterocycles. The molecule has 4 heterocycles. The topological polar surface area (TPSA) is 116 Å². The lowest BCUT2D eigenvalue weighted by atomic mass is 9.98. The number of nitrogens with zero attached hydrogens (tertiary/aromatic N) is 4. The second kappa shape index (κ2) is 8.31. The summed E-state index contributed by atoms with van der Waals surface area (Å²) in [7, 11) is 0. The number of hydrogen-bond acceptors (Lipinski definition) is 8. The molecule has 0 radical (unpaired) electrons. The monoisotopic (exact) mass is 461 g/mol. The van der Waals surface area contributed by atoms with Crippen molar-refractivity contribution >= 4 is 44.8 Å². The second-order valence-corrected chi connectivity index (χ2v) is 10.1. The molecule has 4 aromatic rings. The summed E-state index contributed by atoms with van der Waals surface area (Å²) < 4.78 is 1.01. The number of benzene rings is 1. The maximum atomic E-state index is 9.49. The van der Waals surface area contributed by atoms with Crippen LogP contribution in [0.2, 0.25) is 0 Å². The van der Waals surface area contributed by atoms with Crippen molar-refractivity contribution in [1.29, 1.82) is 0 Å². The summed E-state index contributed by atoms with van der Waals surface area (Å²) in [6.07, 6.45) is 4.35. The molecule has 33 heavy (non-hydrogen) atoms. The number of rotatable bonds is 6. The van der Waals surface area contributed by atoms with Gasteiger partial charge < -0.3 is 21.1 Å². The molecule has 2 aliphatic rings. The third-order valence-electron chi connectivity index (χ3n) is 6.57. The van der Waals surface area contributed by atoms with Crippen LogP contribution < -0.4 is 16.0 Å². The molecule has 1 saturated carbocycles. The first-order chi connectivity index (χ1) is 16.2. The second-order valence-electron chi connectivity index (χ2n) is 9.04. The highest BCUT2D eigenvalue weighted by atomic mass is 32.1. The van der Waals surface area contributed by atoms with Crippen LogP contribution in [-0.2, 0) is 0 Å². The number of fused-ring (bicyclic) bond motifs is 1. The first-order valence-corrected chi connectivity index (χ1v) is 12.3. The zero-order chi connectivity index (χ0) is 22.4. The van der Waals surface area contributed by atoms with Crippen molar-refractivity contribution in [2.24, 2.45) is 5.92 Å². The average Bonchev–Trinajstić information content (AvgIpc) is 3.43. The number of aliphatic hydroxyl groups excluding tert-OH is 1. The zero-order valence-corrected chi connectivity index (χ0v) is 19.1. The SMILES string of the molecule is Nc1ccc(-c2cc3nc(N4CCC(CO)CC4)nc(Nc4cc(C5CC5)[nH]n4)c3s2)cc1. The van der Waals surface area contributed by atoms with E-state index < -0.39 is 0 Å². The maximum Gasteiger partial charge on any atom is 0.227 e. The summed E-state index contributed by atoms with van der Waals surface area (Å²) in [5.41, 5.74) is 9.84. The van der Waals surface area contributed by atoms with Gasteiger partial charge in [-0.05, 0) is 55.4 Å². The highest BCUT2D eigenvalue weighted by molar-refractivity contribution is 7.22. The van der Waals surface area contributed by atoms with E-state index in [1.54, 1.807) is 11.3 Å². The Bertz CT molecular complexity index is 1270. The van der Waals surface area contributed by atoms with Crippen molar-refractivity contribution in [1.82, 2.24) is 20.2 Å². The van der Waals surface area contributed by atoms with Gasteiger partial charge in [-0.15, -0.1) is 11.3 Å². The highest BCUT2D eigenvalue weighted by Gasteiger charge is 2.26. The summed E-state index contributed by atoms with van der Waals surface area (Å²) in [5.74, 6) is 3.26. The van der Waals surface area contributed by atoms with E-state index in [9.17, 15) is 5.11 Å². The Morgan fingerprint density at radius 3 is 2.61 bits per heavy atom. The normalized spacial score (nSPS) is 17.1. The molecule has 0 unspecified atom stereocenters. The summed E-state index contributed by atoms with van der Waals surface area (Å²) in [6, 6.07) is 12.1. The molecule has 8 nitrogen and oxygen atoms in total. The van der Waals surface area contributed by atoms with E-state index in [4.69, 9.17) is 15.7 Å². The Morgan fingerprint density at radius 1 is 1.09 bits per heavy atom. The standard InChI is InChI=1S/C24H27N7OS/c25-17-5-3-16(4-6-17)20-11-19-22(33-20)23(27-21-12-18(29-30-21)15-1-2-15)28-24(26-19)31-9-7-14(13-32)8-10-31/h3-6,11-12,14-15,32H,1-2,7-10,13,25H2,(H2,26,27,28,29,30). The largest absolute Gasteiger partial charge is 0.399 e. The lowest BCUT2D eigenvalue weighted by molar-refractivity contribution is 0.202. The number of anilines is 4. The number of nitrogen functional groups attached to an aromatic ring is 1. The Morgan fingerprint density at radius 2 is 1.88 bits per heavy atom. The first-order valence-electron chi connectivity index (χ1n) is 11.5. The van der Waals surface area contributed by atoms with Gasteiger partial charge in [-0.2, -0.15) is 10.1 Å². The first kappa shape index (κ1) is 20.4. The van der Waals surface area contributed by atoms with Gasteiger partial charge in [-0.3, -0.25) is 5.10 Å². The highest BCUT2D eigenvalue weighted by Crippen LogP contribution is 2.41. The molecule has 0 atom stereocenters. The number of aromatic nitrogens is 4. The quantitative estimate of drug-likeness (QED) is 0.313. The van der Waals surface area contributed by atoms with Crippen LogP contribution in [0.3, 0.4) is 0 Å². The number of nitrogens with two attached hydrogens (primary N) is 1. The van der Waals surface area contributed by atoms with E-state index in [2.05, 4.69) is 32.5 Å². The summed E-state index contributed by atoms with van der Waals surface area (Å²) in [4.78, 5) is 13.2. The number of H-pyrrole nitrogens is 1. The molecule has 1 aliphatic heterocycles. The Hall–Kier alpha value is -3.17. The van der Waals surface area contributed by atoms with E-state index in [-0.39, 0.29) is 6.61 Å². The molecule has 1 aromatic carbocycles. The third-order valence-corrected chi connectivity index (χ3v) is 7.75. The third kappa shape index (κ3) is 4.14. The number of aliphatic hydroxyl groups is 1. The van der Waals surface area contributed by atoms with Crippen LogP contribution >= 0.6 is 11.3 Å². The van der Waals surface area contributed by atoms with Crippen LogP contribution in [0.25, 0.3) is 20.7 Å². The lowest BCUT2D eigenvalue weighted by Gasteiger charge is -2.31. The minimum Gasteiger partial charge on any atom is -0.399 e. The van der Waals surface area contributed by atoms with Crippen molar-refractivity contribution in [2.45, 2.75) is 31.6 Å². The van der Waals surface area contributed by atoms with Gasteiger partial charge in [-0.1, -0.05) is 12.1 Å². The van der Waals surface area contributed by atoms with E-state index in [0.717, 1.165) is 69.9 Å². The average molecular weight is 462 g/mol. The predicted molar refractivity (Wildman–Crippen MR) is 133 cm³/mol. The van der Waals surface area contributed by atoms with Gasteiger partial charge >= 0.3 is 0 Å². The smallest absolute Gasteiger partial charge is 0.227 e. The van der Waals surface area contributed by atoms with E-state index in [1.807, 2.05) is 24.3 Å². The van der Waals surface area contributed by atoms with Crippen molar-refractivity contribution in [3.05, 3.63) is 42.1 Å². The summed E-state index contributed by atoms with van der Waals surface area (Å²) >= 11 is 1.67.